The van der Waals surface area contributed by atoms with E-state index < -0.39 is 5.56 Å². The molecule has 5 nitrogen and oxygen atoms in total. The van der Waals surface area contributed by atoms with Crippen LogP contribution in [-0.2, 0) is 0 Å². The summed E-state index contributed by atoms with van der Waals surface area (Å²) in [6, 6.07) is 8.74. The zero-order valence-electron chi connectivity index (χ0n) is 9.71. The Kier molecular flexibility index (Phi) is 3.82. The highest BCUT2D eigenvalue weighted by molar-refractivity contribution is 7.99. The standard InChI is InChI=1S/C12H9FN4OS/c13-8-1-3-9(4-2-8)17-10(15)7-11(18)16-12(17)19-6-5-14/h1-4,7H,6,15H2. The largest absolute Gasteiger partial charge is 0.385 e. The average molecular weight is 276 g/mol. The zero-order chi connectivity index (χ0) is 13.8. The number of nitrogens with two attached hydrogens (primary N) is 1. The van der Waals surface area contributed by atoms with Crippen molar-refractivity contribution in [2.45, 2.75) is 5.16 Å². The van der Waals surface area contributed by atoms with E-state index in [1.54, 1.807) is 0 Å². The van der Waals surface area contributed by atoms with Crippen molar-refractivity contribution in [3.63, 3.8) is 0 Å². The number of anilines is 1. The minimum atomic E-state index is -0.476. The van der Waals surface area contributed by atoms with Crippen LogP contribution in [0.3, 0.4) is 0 Å². The van der Waals surface area contributed by atoms with Gasteiger partial charge >= 0.3 is 0 Å². The molecule has 0 saturated heterocycles. The summed E-state index contributed by atoms with van der Waals surface area (Å²) >= 11 is 1.09. The number of nitrogens with zero attached hydrogens (tertiary/aromatic N) is 3. The first kappa shape index (κ1) is 13.1. The summed E-state index contributed by atoms with van der Waals surface area (Å²) in [6.45, 7) is 0. The van der Waals surface area contributed by atoms with Gasteiger partial charge in [-0.1, -0.05) is 11.8 Å². The first-order valence-corrected chi connectivity index (χ1v) is 6.25. The Bertz CT molecular complexity index is 690. The second-order valence-electron chi connectivity index (χ2n) is 3.56. The van der Waals surface area contributed by atoms with Crippen molar-refractivity contribution < 1.29 is 4.39 Å². The lowest BCUT2D eigenvalue weighted by Crippen LogP contribution is -2.16. The van der Waals surface area contributed by atoms with E-state index in [1.165, 1.54) is 34.9 Å². The molecule has 96 valence electrons. The minimum absolute atomic E-state index is 0.136. The van der Waals surface area contributed by atoms with Crippen LogP contribution in [0.15, 0.2) is 40.3 Å². The van der Waals surface area contributed by atoms with Crippen LogP contribution in [-0.4, -0.2) is 15.3 Å². The molecule has 0 aliphatic rings. The summed E-state index contributed by atoms with van der Waals surface area (Å²) in [5.74, 6) is -0.0496. The maximum atomic E-state index is 12.9. The van der Waals surface area contributed by atoms with Crippen LogP contribution in [0.2, 0.25) is 0 Å². The molecule has 7 heteroatoms. The van der Waals surface area contributed by atoms with Crippen molar-refractivity contribution in [1.29, 1.82) is 5.26 Å². The van der Waals surface area contributed by atoms with Gasteiger partial charge in [0.15, 0.2) is 5.16 Å². The van der Waals surface area contributed by atoms with Gasteiger partial charge in [-0.05, 0) is 24.3 Å². The molecular formula is C12H9FN4OS. The van der Waals surface area contributed by atoms with Gasteiger partial charge in [-0.15, -0.1) is 0 Å². The minimum Gasteiger partial charge on any atom is -0.385 e. The van der Waals surface area contributed by atoms with Crippen LogP contribution in [0.1, 0.15) is 0 Å². The fourth-order valence-corrected chi connectivity index (χ4v) is 2.21. The van der Waals surface area contributed by atoms with E-state index in [0.717, 1.165) is 11.8 Å². The first-order chi connectivity index (χ1) is 9.11. The van der Waals surface area contributed by atoms with E-state index in [-0.39, 0.29) is 17.4 Å². The van der Waals surface area contributed by atoms with Gasteiger partial charge in [0.25, 0.3) is 5.56 Å². The third kappa shape index (κ3) is 2.92. The highest BCUT2D eigenvalue weighted by Crippen LogP contribution is 2.22. The highest BCUT2D eigenvalue weighted by atomic mass is 32.2. The lowest BCUT2D eigenvalue weighted by Gasteiger charge is -2.13. The molecule has 0 bridgehead atoms. The Labute approximate surface area is 112 Å². The fraction of sp³-hybridized carbons (Fsp3) is 0.0833. The Morgan fingerprint density at radius 2 is 2.11 bits per heavy atom. The Morgan fingerprint density at radius 1 is 1.42 bits per heavy atom. The number of aromatic nitrogens is 2. The summed E-state index contributed by atoms with van der Waals surface area (Å²) in [6.07, 6.45) is 0. The topological polar surface area (TPSA) is 84.7 Å². The second-order valence-corrected chi connectivity index (χ2v) is 4.50. The molecule has 0 unspecified atom stereocenters. The maximum absolute atomic E-state index is 12.9. The van der Waals surface area contributed by atoms with E-state index >= 15 is 0 Å². The van der Waals surface area contributed by atoms with E-state index in [2.05, 4.69) is 4.98 Å². The highest BCUT2D eigenvalue weighted by Gasteiger charge is 2.10. The fourth-order valence-electron chi connectivity index (χ4n) is 1.52. The zero-order valence-corrected chi connectivity index (χ0v) is 10.5. The van der Waals surface area contributed by atoms with Crippen molar-refractivity contribution in [2.24, 2.45) is 0 Å². The second kappa shape index (κ2) is 5.54. The van der Waals surface area contributed by atoms with Gasteiger partial charge in [-0.25, -0.2) is 4.39 Å². The molecule has 0 fully saturated rings. The number of rotatable bonds is 3. The van der Waals surface area contributed by atoms with Crippen LogP contribution in [0.5, 0.6) is 0 Å². The van der Waals surface area contributed by atoms with E-state index in [4.69, 9.17) is 11.0 Å². The van der Waals surface area contributed by atoms with Gasteiger partial charge in [0.05, 0.1) is 11.8 Å². The van der Waals surface area contributed by atoms with Gasteiger partial charge in [0, 0.05) is 11.8 Å². The van der Waals surface area contributed by atoms with E-state index in [0.29, 0.717) is 10.8 Å². The van der Waals surface area contributed by atoms with E-state index in [1.807, 2.05) is 6.07 Å². The number of halogens is 1. The van der Waals surface area contributed by atoms with Gasteiger partial charge in [-0.2, -0.15) is 10.2 Å². The molecule has 0 saturated carbocycles. The van der Waals surface area contributed by atoms with Gasteiger partial charge in [0.2, 0.25) is 0 Å². The first-order valence-electron chi connectivity index (χ1n) is 5.27. The van der Waals surface area contributed by atoms with Crippen molar-refractivity contribution in [3.8, 4) is 11.8 Å². The lowest BCUT2D eigenvalue weighted by molar-refractivity contribution is 0.627. The predicted molar refractivity (Wildman–Crippen MR) is 70.5 cm³/mol. The monoisotopic (exact) mass is 276 g/mol. The molecule has 0 atom stereocenters. The summed E-state index contributed by atoms with van der Waals surface area (Å²) in [4.78, 5) is 15.2. The molecule has 0 spiro atoms. The van der Waals surface area contributed by atoms with Crippen molar-refractivity contribution in [2.75, 3.05) is 11.5 Å². The molecule has 1 aromatic heterocycles. The Morgan fingerprint density at radius 3 is 2.74 bits per heavy atom. The number of benzene rings is 1. The quantitative estimate of drug-likeness (QED) is 0.679. The number of thioether (sulfide) groups is 1. The molecule has 2 aromatic rings. The molecule has 1 heterocycles. The van der Waals surface area contributed by atoms with Crippen LogP contribution >= 0.6 is 11.8 Å². The molecule has 0 radical (unpaired) electrons. The smallest absolute Gasteiger partial charge is 0.275 e. The van der Waals surface area contributed by atoms with E-state index in [9.17, 15) is 9.18 Å². The maximum Gasteiger partial charge on any atom is 0.275 e. The Hall–Kier alpha value is -2.33. The summed E-state index contributed by atoms with van der Waals surface area (Å²) in [7, 11) is 0. The number of nitriles is 1. The number of nitrogen functional groups attached to an aromatic ring is 1. The molecule has 2 N–H and O–H groups in total. The molecular weight excluding hydrogens is 267 g/mol. The molecule has 0 amide bonds. The molecule has 0 aliphatic carbocycles. The molecule has 19 heavy (non-hydrogen) atoms. The lowest BCUT2D eigenvalue weighted by atomic mass is 10.3. The normalized spacial score (nSPS) is 10.1. The molecule has 2 rings (SSSR count). The number of hydrogen-bond donors (Lipinski definition) is 1. The number of hydrogen-bond acceptors (Lipinski definition) is 5. The van der Waals surface area contributed by atoms with Crippen molar-refractivity contribution in [1.82, 2.24) is 9.55 Å². The van der Waals surface area contributed by atoms with Crippen LogP contribution in [0.25, 0.3) is 5.69 Å². The van der Waals surface area contributed by atoms with Gasteiger partial charge < -0.3 is 5.73 Å². The van der Waals surface area contributed by atoms with Gasteiger partial charge in [0.1, 0.15) is 11.6 Å². The van der Waals surface area contributed by atoms with Crippen LogP contribution in [0, 0.1) is 17.1 Å². The van der Waals surface area contributed by atoms with Crippen LogP contribution in [0.4, 0.5) is 10.2 Å². The van der Waals surface area contributed by atoms with Crippen LogP contribution < -0.4 is 11.3 Å². The summed E-state index contributed by atoms with van der Waals surface area (Å²) in [5, 5.41) is 8.90. The third-order valence-electron chi connectivity index (χ3n) is 2.28. The summed E-state index contributed by atoms with van der Waals surface area (Å²) in [5.41, 5.74) is 5.90. The predicted octanol–water partition coefficient (Wildman–Crippen LogP) is 1.57. The van der Waals surface area contributed by atoms with Gasteiger partial charge in [-0.3, -0.25) is 9.36 Å². The average Bonchev–Trinajstić information content (AvgIpc) is 2.37. The SMILES string of the molecule is N#CCSc1nc(=O)cc(N)n1-c1ccc(F)cc1. The van der Waals surface area contributed by atoms with Crippen molar-refractivity contribution in [3.05, 3.63) is 46.5 Å². The summed E-state index contributed by atoms with van der Waals surface area (Å²) < 4.78 is 14.4. The molecule has 0 aliphatic heterocycles. The third-order valence-corrected chi connectivity index (χ3v) is 3.08. The van der Waals surface area contributed by atoms with Crippen molar-refractivity contribution >= 4 is 17.6 Å². The Balaban J connectivity index is 2.57. The molecule has 1 aromatic carbocycles.